The number of aromatic amines is 1. The molecule has 3 fully saturated rings. The number of aromatic nitrogens is 3. The Bertz CT molecular complexity index is 1130. The number of H-pyrrole nitrogens is 1. The Hall–Kier alpha value is -3.13. The van der Waals surface area contributed by atoms with Crippen LogP contribution in [0.5, 0.6) is 5.75 Å². The van der Waals surface area contributed by atoms with Crippen LogP contribution in [0, 0.1) is 11.8 Å². The molecule has 32 heavy (non-hydrogen) atoms. The Morgan fingerprint density at radius 3 is 2.69 bits per heavy atom. The molecule has 0 spiro atoms. The predicted octanol–water partition coefficient (Wildman–Crippen LogP) is 2.74. The second-order valence-electron chi connectivity index (χ2n) is 9.23. The normalized spacial score (nSPS) is 27.8. The summed E-state index contributed by atoms with van der Waals surface area (Å²) in [5, 5.41) is 19.0. The minimum Gasteiger partial charge on any atom is -0.488 e. The van der Waals surface area contributed by atoms with E-state index in [0.29, 0.717) is 18.3 Å². The molecule has 1 saturated carbocycles. The topological polar surface area (TPSA) is 94.6 Å². The van der Waals surface area contributed by atoms with Gasteiger partial charge in [-0.15, -0.1) is 0 Å². The number of aliphatic hydroxyl groups excluding tert-OH is 1. The summed E-state index contributed by atoms with van der Waals surface area (Å²) in [6.45, 7) is 2.58. The summed E-state index contributed by atoms with van der Waals surface area (Å²) in [6, 6.07) is 9.62. The summed E-state index contributed by atoms with van der Waals surface area (Å²) >= 11 is 0. The first-order valence-electron chi connectivity index (χ1n) is 11.4. The predicted molar refractivity (Wildman–Crippen MR) is 121 cm³/mol. The molecule has 4 atom stereocenters. The van der Waals surface area contributed by atoms with Crippen molar-refractivity contribution in [1.82, 2.24) is 15.2 Å². The van der Waals surface area contributed by atoms with Crippen LogP contribution in [0.3, 0.4) is 0 Å². The number of carbonyl (C=O) groups excluding carboxylic acids is 1. The molecule has 4 heterocycles. The summed E-state index contributed by atoms with van der Waals surface area (Å²) < 4.78 is 6.22. The number of anilines is 2. The van der Waals surface area contributed by atoms with Crippen molar-refractivity contribution in [2.24, 2.45) is 11.8 Å². The highest BCUT2D eigenvalue weighted by Crippen LogP contribution is 2.40. The zero-order valence-electron chi connectivity index (χ0n) is 17.9. The van der Waals surface area contributed by atoms with E-state index in [0.717, 1.165) is 67.1 Å². The van der Waals surface area contributed by atoms with Gasteiger partial charge in [0.05, 0.1) is 23.2 Å². The van der Waals surface area contributed by atoms with Crippen LogP contribution < -0.4 is 14.5 Å². The lowest BCUT2D eigenvalue weighted by atomic mass is 9.78. The molecule has 3 aromatic rings. The molecule has 3 aliphatic rings. The van der Waals surface area contributed by atoms with Crippen LogP contribution in [0.15, 0.2) is 42.7 Å². The Morgan fingerprint density at radius 1 is 1.09 bits per heavy atom. The molecule has 8 nitrogen and oxygen atoms in total. The summed E-state index contributed by atoms with van der Waals surface area (Å²) in [7, 11) is 0. The summed E-state index contributed by atoms with van der Waals surface area (Å²) in [4.78, 5) is 20.7. The lowest BCUT2D eigenvalue weighted by Crippen LogP contribution is -2.42. The largest absolute Gasteiger partial charge is 0.488 e. The van der Waals surface area contributed by atoms with Crippen molar-refractivity contribution in [3.8, 4) is 5.75 Å². The molecule has 2 N–H and O–H groups in total. The van der Waals surface area contributed by atoms with Gasteiger partial charge in [-0.1, -0.05) is 0 Å². The summed E-state index contributed by atoms with van der Waals surface area (Å²) in [6.07, 6.45) is 6.01. The van der Waals surface area contributed by atoms with Crippen molar-refractivity contribution in [3.63, 3.8) is 0 Å². The number of benzene rings is 1. The number of rotatable bonds is 4. The number of amides is 1. The van der Waals surface area contributed by atoms with E-state index in [2.05, 4.69) is 20.1 Å². The van der Waals surface area contributed by atoms with Crippen LogP contribution in [-0.2, 0) is 4.79 Å². The standard InChI is InChI=1S/C24H27N5O3/c30-21-10-15-13-28(24-19-12-26-27-20(19)7-8-25-24)14-16(15)11-22(21)32-18-5-3-17(4-6-18)29-9-1-2-23(29)31/h3-8,12,15-16,21-22,30H,1-2,9-11,13-14H2,(H,26,27)/t15-,16+,21+,22+/m0/s1. The van der Waals surface area contributed by atoms with E-state index in [9.17, 15) is 9.90 Å². The van der Waals surface area contributed by atoms with Gasteiger partial charge in [0.1, 0.15) is 17.7 Å². The molecule has 6 rings (SSSR count). The van der Waals surface area contributed by atoms with Crippen molar-refractivity contribution in [3.05, 3.63) is 42.7 Å². The van der Waals surface area contributed by atoms with Crippen molar-refractivity contribution in [2.75, 3.05) is 29.4 Å². The fourth-order valence-electron chi connectivity index (χ4n) is 5.60. The average Bonchev–Trinajstić information content (AvgIpc) is 3.53. The van der Waals surface area contributed by atoms with Gasteiger partial charge in [0.2, 0.25) is 5.91 Å². The molecular weight excluding hydrogens is 406 g/mol. The van der Waals surface area contributed by atoms with Crippen LogP contribution in [0.2, 0.25) is 0 Å². The Balaban J connectivity index is 1.14. The third kappa shape index (κ3) is 3.39. The monoisotopic (exact) mass is 433 g/mol. The minimum atomic E-state index is -0.492. The second-order valence-corrected chi connectivity index (χ2v) is 9.23. The van der Waals surface area contributed by atoms with Gasteiger partial charge >= 0.3 is 0 Å². The highest BCUT2D eigenvalue weighted by Gasteiger charge is 2.43. The molecule has 1 amide bonds. The zero-order valence-corrected chi connectivity index (χ0v) is 17.9. The van der Waals surface area contributed by atoms with E-state index in [-0.39, 0.29) is 12.0 Å². The SMILES string of the molecule is O=C1CCCN1c1ccc(O[C@@H]2C[C@@H]3CN(c4nccc5[nH]ncc45)C[C@@H]3C[C@H]2O)cc1. The van der Waals surface area contributed by atoms with Crippen LogP contribution in [-0.4, -0.2) is 58.0 Å². The van der Waals surface area contributed by atoms with Crippen molar-refractivity contribution >= 4 is 28.3 Å². The van der Waals surface area contributed by atoms with Crippen molar-refractivity contribution < 1.29 is 14.6 Å². The van der Waals surface area contributed by atoms with Gasteiger partial charge in [-0.3, -0.25) is 9.89 Å². The van der Waals surface area contributed by atoms with Gasteiger partial charge in [-0.25, -0.2) is 4.98 Å². The zero-order chi connectivity index (χ0) is 21.7. The highest BCUT2D eigenvalue weighted by molar-refractivity contribution is 5.95. The number of fused-ring (bicyclic) bond motifs is 2. The van der Waals surface area contributed by atoms with Crippen LogP contribution >= 0.6 is 0 Å². The van der Waals surface area contributed by atoms with Crippen molar-refractivity contribution in [2.45, 2.75) is 37.9 Å². The maximum absolute atomic E-state index is 12.0. The van der Waals surface area contributed by atoms with Gasteiger partial charge < -0.3 is 19.6 Å². The molecule has 1 aromatic carbocycles. The van der Waals surface area contributed by atoms with E-state index in [1.54, 1.807) is 0 Å². The molecule has 2 saturated heterocycles. The Labute approximate surface area is 186 Å². The number of carbonyl (C=O) groups is 1. The van der Waals surface area contributed by atoms with Crippen molar-refractivity contribution in [1.29, 1.82) is 0 Å². The summed E-state index contributed by atoms with van der Waals surface area (Å²) in [5.41, 5.74) is 1.90. The lowest BCUT2D eigenvalue weighted by molar-refractivity contribution is -0.117. The first-order valence-corrected chi connectivity index (χ1v) is 11.4. The first kappa shape index (κ1) is 19.5. The fraction of sp³-hybridized carbons (Fsp3) is 0.458. The molecular formula is C24H27N5O3. The fourth-order valence-corrected chi connectivity index (χ4v) is 5.60. The van der Waals surface area contributed by atoms with Gasteiger partial charge in [-0.05, 0) is 61.4 Å². The van der Waals surface area contributed by atoms with Crippen LogP contribution in [0.1, 0.15) is 25.7 Å². The van der Waals surface area contributed by atoms with Crippen LogP contribution in [0.25, 0.3) is 10.9 Å². The number of nitrogens with zero attached hydrogens (tertiary/aromatic N) is 4. The number of nitrogens with one attached hydrogen (secondary N) is 1. The molecule has 2 aliphatic heterocycles. The molecule has 2 aromatic heterocycles. The highest BCUT2D eigenvalue weighted by atomic mass is 16.5. The molecule has 166 valence electrons. The van der Waals surface area contributed by atoms with E-state index in [1.165, 1.54) is 0 Å². The number of hydrogen-bond donors (Lipinski definition) is 2. The third-order valence-corrected chi connectivity index (χ3v) is 7.24. The minimum absolute atomic E-state index is 0.179. The molecule has 1 aliphatic carbocycles. The second kappa shape index (κ2) is 7.78. The lowest BCUT2D eigenvalue weighted by Gasteiger charge is -2.35. The Kier molecular flexibility index (Phi) is 4.75. The number of pyridine rings is 1. The molecule has 0 unspecified atom stereocenters. The van der Waals surface area contributed by atoms with E-state index >= 15 is 0 Å². The van der Waals surface area contributed by atoms with Gasteiger partial charge in [0, 0.05) is 37.9 Å². The average molecular weight is 434 g/mol. The van der Waals surface area contributed by atoms with Gasteiger partial charge in [-0.2, -0.15) is 5.10 Å². The number of hydrogen-bond acceptors (Lipinski definition) is 6. The van der Waals surface area contributed by atoms with E-state index in [1.807, 2.05) is 47.6 Å². The maximum Gasteiger partial charge on any atom is 0.227 e. The quantitative estimate of drug-likeness (QED) is 0.657. The molecule has 8 heteroatoms. The van der Waals surface area contributed by atoms with Crippen LogP contribution in [0.4, 0.5) is 11.5 Å². The maximum atomic E-state index is 12.0. The number of aliphatic hydroxyl groups is 1. The van der Waals surface area contributed by atoms with E-state index < -0.39 is 6.10 Å². The van der Waals surface area contributed by atoms with Gasteiger partial charge in [0.15, 0.2) is 0 Å². The van der Waals surface area contributed by atoms with E-state index in [4.69, 9.17) is 4.74 Å². The third-order valence-electron chi connectivity index (χ3n) is 7.24. The van der Waals surface area contributed by atoms with Gasteiger partial charge in [0.25, 0.3) is 0 Å². The molecule has 0 bridgehead atoms. The number of ether oxygens (including phenoxy) is 1. The smallest absolute Gasteiger partial charge is 0.227 e. The molecule has 0 radical (unpaired) electrons. The first-order chi connectivity index (χ1) is 15.7. The Morgan fingerprint density at radius 2 is 1.91 bits per heavy atom. The summed E-state index contributed by atoms with van der Waals surface area (Å²) in [5.74, 6) is 2.76.